The van der Waals surface area contributed by atoms with Gasteiger partial charge in [-0.25, -0.2) is 0 Å². The summed E-state index contributed by atoms with van der Waals surface area (Å²) in [5.41, 5.74) is 0. The maximum atomic E-state index is 12.0. The van der Waals surface area contributed by atoms with Crippen molar-refractivity contribution in [1.29, 1.82) is 0 Å². The minimum Gasteiger partial charge on any atom is -0.368 e. The van der Waals surface area contributed by atoms with E-state index < -0.39 is 0 Å². The number of anilines is 1. The number of nitrogens with one attached hydrogen (secondary N) is 2. The topological polar surface area (TPSA) is 68.2 Å². The molecule has 2 aliphatic rings. The molecule has 0 spiro atoms. The minimum atomic E-state index is -0.313. The number of aromatic nitrogens is 2. The van der Waals surface area contributed by atoms with Crippen molar-refractivity contribution in [2.24, 2.45) is 0 Å². The summed E-state index contributed by atoms with van der Waals surface area (Å²) in [6.07, 6.45) is 5.61. The van der Waals surface area contributed by atoms with E-state index in [1.54, 1.807) is 0 Å². The van der Waals surface area contributed by atoms with Crippen molar-refractivity contribution in [3.63, 3.8) is 0 Å². The van der Waals surface area contributed by atoms with E-state index in [1.807, 2.05) is 16.9 Å². The van der Waals surface area contributed by atoms with Gasteiger partial charge < -0.3 is 15.4 Å². The molecule has 2 N–H and O–H groups in total. The predicted molar refractivity (Wildman–Crippen MR) is 71.0 cm³/mol. The van der Waals surface area contributed by atoms with E-state index in [4.69, 9.17) is 4.74 Å². The first-order valence-corrected chi connectivity index (χ1v) is 7.01. The molecule has 1 aromatic heterocycles. The first-order chi connectivity index (χ1) is 9.33. The number of ether oxygens (including phenoxy) is 1. The van der Waals surface area contributed by atoms with E-state index in [9.17, 15) is 4.79 Å². The van der Waals surface area contributed by atoms with Gasteiger partial charge in [0.05, 0.1) is 6.04 Å². The molecule has 0 bridgehead atoms. The van der Waals surface area contributed by atoms with Crippen LogP contribution in [0.15, 0.2) is 12.3 Å². The summed E-state index contributed by atoms with van der Waals surface area (Å²) >= 11 is 0. The quantitative estimate of drug-likeness (QED) is 0.852. The summed E-state index contributed by atoms with van der Waals surface area (Å²) in [4.78, 5) is 12.0. The summed E-state index contributed by atoms with van der Waals surface area (Å²) in [6, 6.07) is 2.25. The number of hydrogen-bond donors (Lipinski definition) is 2. The Kier molecular flexibility index (Phi) is 3.79. The average molecular weight is 264 g/mol. The third kappa shape index (κ3) is 2.96. The van der Waals surface area contributed by atoms with Crippen LogP contribution < -0.4 is 10.6 Å². The van der Waals surface area contributed by atoms with Crippen molar-refractivity contribution in [1.82, 2.24) is 15.1 Å². The van der Waals surface area contributed by atoms with Gasteiger partial charge in [0.15, 0.2) is 5.82 Å². The van der Waals surface area contributed by atoms with Crippen molar-refractivity contribution in [3.05, 3.63) is 12.3 Å². The van der Waals surface area contributed by atoms with E-state index in [0.29, 0.717) is 18.5 Å². The molecule has 2 aliphatic heterocycles. The van der Waals surface area contributed by atoms with Crippen molar-refractivity contribution in [2.75, 3.05) is 25.0 Å². The molecule has 104 valence electrons. The highest BCUT2D eigenvalue weighted by atomic mass is 16.5. The monoisotopic (exact) mass is 264 g/mol. The van der Waals surface area contributed by atoms with Gasteiger partial charge in [0.2, 0.25) is 0 Å². The summed E-state index contributed by atoms with van der Waals surface area (Å²) in [5, 5.41) is 10.6. The molecule has 1 aromatic rings. The Morgan fingerprint density at radius 1 is 1.47 bits per heavy atom. The smallest absolute Gasteiger partial charge is 0.254 e. The first-order valence-electron chi connectivity index (χ1n) is 7.01. The molecule has 1 amide bonds. The first kappa shape index (κ1) is 12.6. The van der Waals surface area contributed by atoms with Gasteiger partial charge in [-0.2, -0.15) is 5.10 Å². The molecule has 2 fully saturated rings. The number of carbonyl (C=O) groups excluding carboxylic acids is 1. The molecule has 0 aromatic carbocycles. The second-order valence-electron chi connectivity index (χ2n) is 5.17. The molecule has 3 heterocycles. The Morgan fingerprint density at radius 2 is 2.42 bits per heavy atom. The van der Waals surface area contributed by atoms with Gasteiger partial charge in [0, 0.05) is 25.4 Å². The molecule has 2 atom stereocenters. The van der Waals surface area contributed by atoms with Gasteiger partial charge in [-0.15, -0.1) is 0 Å². The van der Waals surface area contributed by atoms with E-state index in [2.05, 4.69) is 15.7 Å². The van der Waals surface area contributed by atoms with Crippen LogP contribution in [0, 0.1) is 0 Å². The number of nitrogens with zero attached hydrogens (tertiary/aromatic N) is 2. The van der Waals surface area contributed by atoms with Crippen LogP contribution in [0.2, 0.25) is 0 Å². The lowest BCUT2D eigenvalue weighted by molar-refractivity contribution is -0.130. The van der Waals surface area contributed by atoms with Gasteiger partial charge >= 0.3 is 0 Å². The Labute approximate surface area is 112 Å². The van der Waals surface area contributed by atoms with E-state index >= 15 is 0 Å². The molecule has 19 heavy (non-hydrogen) atoms. The molecule has 0 radical (unpaired) electrons. The highest BCUT2D eigenvalue weighted by Crippen LogP contribution is 2.17. The van der Waals surface area contributed by atoms with Crippen molar-refractivity contribution in [2.45, 2.75) is 37.8 Å². The zero-order valence-electron chi connectivity index (χ0n) is 11.0. The Bertz CT molecular complexity index is 434. The van der Waals surface area contributed by atoms with Crippen LogP contribution in [0.1, 0.15) is 31.7 Å². The number of hydrogen-bond acceptors (Lipinski definition) is 4. The van der Waals surface area contributed by atoms with Crippen molar-refractivity contribution in [3.8, 4) is 0 Å². The summed E-state index contributed by atoms with van der Waals surface area (Å²) in [5.74, 6) is 0.542. The second-order valence-corrected chi connectivity index (χ2v) is 5.17. The highest BCUT2D eigenvalue weighted by Gasteiger charge is 2.23. The van der Waals surface area contributed by atoms with Crippen LogP contribution in [-0.4, -0.2) is 41.5 Å². The molecule has 0 saturated carbocycles. The van der Waals surface area contributed by atoms with E-state index in [1.165, 1.54) is 0 Å². The van der Waals surface area contributed by atoms with Crippen LogP contribution in [-0.2, 0) is 9.53 Å². The fraction of sp³-hybridized carbons (Fsp3) is 0.692. The maximum absolute atomic E-state index is 12.0. The largest absolute Gasteiger partial charge is 0.368 e. The van der Waals surface area contributed by atoms with Gasteiger partial charge in [0.25, 0.3) is 5.91 Å². The molecule has 2 saturated heterocycles. The van der Waals surface area contributed by atoms with E-state index in [0.717, 1.165) is 38.8 Å². The average Bonchev–Trinajstić information content (AvgIpc) is 3.10. The van der Waals surface area contributed by atoms with Crippen molar-refractivity contribution < 1.29 is 9.53 Å². The van der Waals surface area contributed by atoms with Crippen LogP contribution in [0.4, 0.5) is 5.82 Å². The molecule has 3 rings (SSSR count). The molecular formula is C13H20N4O2. The van der Waals surface area contributed by atoms with Crippen LogP contribution in [0.3, 0.4) is 0 Å². The maximum Gasteiger partial charge on any atom is 0.254 e. The third-order valence-electron chi connectivity index (χ3n) is 3.74. The van der Waals surface area contributed by atoms with Gasteiger partial charge in [-0.3, -0.25) is 9.48 Å². The van der Waals surface area contributed by atoms with Gasteiger partial charge in [0.1, 0.15) is 6.10 Å². The zero-order chi connectivity index (χ0) is 13.1. The Morgan fingerprint density at radius 3 is 3.16 bits per heavy atom. The second kappa shape index (κ2) is 5.71. The number of carbonyl (C=O) groups is 1. The zero-order valence-corrected chi connectivity index (χ0v) is 11.0. The molecule has 6 nitrogen and oxygen atoms in total. The highest BCUT2D eigenvalue weighted by molar-refractivity contribution is 5.93. The van der Waals surface area contributed by atoms with Crippen LogP contribution >= 0.6 is 0 Å². The lowest BCUT2D eigenvalue weighted by Crippen LogP contribution is -2.33. The standard InChI is InChI=1S/C13H20N4O2/c18-13(11-3-1-2-8-19-11)15-12-5-7-17(16-12)10-4-6-14-9-10/h5,7,10-11,14H,1-4,6,8-9H2,(H,15,16,18)/t10-,11-/m0/s1. The van der Waals surface area contributed by atoms with Crippen LogP contribution in [0.5, 0.6) is 0 Å². The fourth-order valence-electron chi connectivity index (χ4n) is 2.63. The Balaban J connectivity index is 1.58. The molecule has 0 aliphatic carbocycles. The molecular weight excluding hydrogens is 244 g/mol. The third-order valence-corrected chi connectivity index (χ3v) is 3.74. The van der Waals surface area contributed by atoms with E-state index in [-0.39, 0.29) is 12.0 Å². The number of amides is 1. The number of rotatable bonds is 3. The molecule has 0 unspecified atom stereocenters. The van der Waals surface area contributed by atoms with Gasteiger partial charge in [-0.05, 0) is 32.2 Å². The fourth-order valence-corrected chi connectivity index (χ4v) is 2.63. The lowest BCUT2D eigenvalue weighted by atomic mass is 10.1. The summed E-state index contributed by atoms with van der Waals surface area (Å²) in [7, 11) is 0. The minimum absolute atomic E-state index is 0.0745. The van der Waals surface area contributed by atoms with Crippen molar-refractivity contribution >= 4 is 11.7 Å². The summed E-state index contributed by atoms with van der Waals surface area (Å²) < 4.78 is 7.39. The molecule has 6 heteroatoms. The van der Waals surface area contributed by atoms with Crippen LogP contribution in [0.25, 0.3) is 0 Å². The Hall–Kier alpha value is -1.40. The summed E-state index contributed by atoms with van der Waals surface area (Å²) in [6.45, 7) is 2.66. The lowest BCUT2D eigenvalue weighted by Gasteiger charge is -2.21. The van der Waals surface area contributed by atoms with Gasteiger partial charge in [-0.1, -0.05) is 0 Å². The SMILES string of the molecule is O=C(Nc1ccn([C@H]2CCNC2)n1)[C@@H]1CCCCO1. The predicted octanol–water partition coefficient (Wildman–Crippen LogP) is 0.925. The normalized spacial score (nSPS) is 27.4.